The van der Waals surface area contributed by atoms with Gasteiger partial charge in [-0.25, -0.2) is 13.4 Å². The number of rotatable bonds is 5. The van der Waals surface area contributed by atoms with Gasteiger partial charge >= 0.3 is 5.69 Å². The zero-order chi connectivity index (χ0) is 20.6. The Kier molecular flexibility index (Phi) is 4.68. The Morgan fingerprint density at radius 1 is 1.24 bits per heavy atom. The minimum absolute atomic E-state index is 0.0124. The number of benzene rings is 1. The summed E-state index contributed by atoms with van der Waals surface area (Å²) in [5, 5.41) is 21.7. The van der Waals surface area contributed by atoms with Crippen LogP contribution in [0.3, 0.4) is 0 Å². The third-order valence-electron chi connectivity index (χ3n) is 5.20. The molecule has 3 aromatic rings. The predicted molar refractivity (Wildman–Crippen MR) is 106 cm³/mol. The second-order valence-corrected chi connectivity index (χ2v) is 8.65. The second-order valence-electron chi connectivity index (χ2n) is 6.84. The number of anilines is 1. The first-order chi connectivity index (χ1) is 13.9. The number of sulfonamides is 1. The van der Waals surface area contributed by atoms with E-state index in [-0.39, 0.29) is 10.6 Å². The van der Waals surface area contributed by atoms with Gasteiger partial charge in [0.1, 0.15) is 17.5 Å². The van der Waals surface area contributed by atoms with Crippen LogP contribution < -0.4 is 4.31 Å². The number of aromatic nitrogens is 2. The normalized spacial score (nSPS) is 19.1. The number of nitrogens with one attached hydrogen (secondary N) is 1. The molecular weight excluding hydrogens is 394 g/mol. The van der Waals surface area contributed by atoms with Crippen LogP contribution in [0.5, 0.6) is 0 Å². The largest absolute Gasteiger partial charge is 0.346 e. The Balaban J connectivity index is 2.04. The van der Waals surface area contributed by atoms with Crippen LogP contribution in [0.4, 0.5) is 11.4 Å². The van der Waals surface area contributed by atoms with Crippen molar-refractivity contribution in [3.8, 4) is 6.07 Å². The topological polar surface area (TPSA) is 133 Å². The summed E-state index contributed by atoms with van der Waals surface area (Å²) in [4.78, 5) is 18.1. The minimum atomic E-state index is -4.17. The first-order valence-electron chi connectivity index (χ1n) is 9.04. The van der Waals surface area contributed by atoms with Crippen LogP contribution in [-0.4, -0.2) is 29.4 Å². The summed E-state index contributed by atoms with van der Waals surface area (Å²) < 4.78 is 28.5. The highest BCUT2D eigenvalue weighted by atomic mass is 32.2. The van der Waals surface area contributed by atoms with Gasteiger partial charge in [0, 0.05) is 6.20 Å². The summed E-state index contributed by atoms with van der Waals surface area (Å²) >= 11 is 0. The fourth-order valence-electron chi connectivity index (χ4n) is 3.89. The molecule has 10 heteroatoms. The summed E-state index contributed by atoms with van der Waals surface area (Å²) in [5.41, 5.74) is -0.136. The average Bonchev–Trinajstić information content (AvgIpc) is 3.37. The van der Waals surface area contributed by atoms with E-state index in [1.807, 2.05) is 0 Å². The fraction of sp³-hybridized carbons (Fsp3) is 0.263. The highest BCUT2D eigenvalue weighted by molar-refractivity contribution is 7.93. The highest BCUT2D eigenvalue weighted by Crippen LogP contribution is 2.43. The third kappa shape index (κ3) is 3.09. The maximum Gasteiger partial charge on any atom is 0.312 e. The molecule has 2 heterocycles. The molecule has 1 aliphatic carbocycles. The molecule has 1 aliphatic rings. The number of nitriles is 1. The predicted octanol–water partition coefficient (Wildman–Crippen LogP) is 3.36. The van der Waals surface area contributed by atoms with Crippen LogP contribution in [-0.2, 0) is 10.0 Å². The number of nitro groups is 1. The van der Waals surface area contributed by atoms with Crippen LogP contribution >= 0.6 is 0 Å². The van der Waals surface area contributed by atoms with Gasteiger partial charge in [0.2, 0.25) is 0 Å². The number of aromatic amines is 1. The summed E-state index contributed by atoms with van der Waals surface area (Å²) in [6.07, 6.45) is 4.25. The zero-order valence-corrected chi connectivity index (χ0v) is 16.0. The van der Waals surface area contributed by atoms with Crippen LogP contribution in [0.1, 0.15) is 19.3 Å². The molecule has 1 N–H and O–H groups in total. The second kappa shape index (κ2) is 7.18. The van der Waals surface area contributed by atoms with E-state index in [9.17, 15) is 23.8 Å². The van der Waals surface area contributed by atoms with Crippen molar-refractivity contribution in [1.29, 1.82) is 5.26 Å². The molecule has 1 aromatic carbocycles. The first kappa shape index (κ1) is 18.9. The lowest BCUT2D eigenvalue weighted by Gasteiger charge is -2.32. The Morgan fingerprint density at radius 3 is 2.69 bits per heavy atom. The van der Waals surface area contributed by atoms with E-state index in [1.54, 1.807) is 30.5 Å². The Morgan fingerprint density at radius 2 is 2.00 bits per heavy atom. The molecule has 0 radical (unpaired) electrons. The summed E-state index contributed by atoms with van der Waals surface area (Å²) in [6.45, 7) is 0. The van der Waals surface area contributed by atoms with Gasteiger partial charge in [-0.3, -0.25) is 14.4 Å². The van der Waals surface area contributed by atoms with Crippen LogP contribution in [0.2, 0.25) is 0 Å². The molecule has 2 atom stereocenters. The van der Waals surface area contributed by atoms with Gasteiger partial charge in [0.05, 0.1) is 33.2 Å². The van der Waals surface area contributed by atoms with Crippen molar-refractivity contribution >= 4 is 32.4 Å². The van der Waals surface area contributed by atoms with Crippen LogP contribution in [0, 0.1) is 27.4 Å². The number of nitrogens with zero attached hydrogens (tertiary/aromatic N) is 4. The number of pyridine rings is 1. The SMILES string of the molecule is N#CC1CCCC1N(c1c([N+](=O)[O-])cnc2[nH]ccc12)S(=O)(=O)c1ccccc1. The molecule has 2 unspecified atom stereocenters. The van der Waals surface area contributed by atoms with Crippen molar-refractivity contribution in [2.45, 2.75) is 30.2 Å². The third-order valence-corrected chi connectivity index (χ3v) is 7.04. The molecule has 1 saturated carbocycles. The van der Waals surface area contributed by atoms with Gasteiger partial charge in [-0.15, -0.1) is 0 Å². The van der Waals surface area contributed by atoms with Gasteiger partial charge in [0.15, 0.2) is 0 Å². The van der Waals surface area contributed by atoms with E-state index < -0.39 is 32.6 Å². The van der Waals surface area contributed by atoms with E-state index in [4.69, 9.17) is 0 Å². The molecule has 2 aromatic heterocycles. The Hall–Kier alpha value is -3.45. The minimum Gasteiger partial charge on any atom is -0.346 e. The zero-order valence-electron chi connectivity index (χ0n) is 15.2. The van der Waals surface area contributed by atoms with Crippen molar-refractivity contribution in [3.63, 3.8) is 0 Å². The lowest BCUT2D eigenvalue weighted by Crippen LogP contribution is -2.42. The van der Waals surface area contributed by atoms with Crippen molar-refractivity contribution in [1.82, 2.24) is 9.97 Å². The molecular formula is C19H17N5O4S. The Labute approximate surface area is 166 Å². The van der Waals surface area contributed by atoms with E-state index in [0.717, 1.165) is 10.5 Å². The smallest absolute Gasteiger partial charge is 0.312 e. The summed E-state index contributed by atoms with van der Waals surface area (Å²) in [7, 11) is -4.17. The van der Waals surface area contributed by atoms with E-state index in [2.05, 4.69) is 16.0 Å². The van der Waals surface area contributed by atoms with Crippen molar-refractivity contribution < 1.29 is 13.3 Å². The number of hydrogen-bond acceptors (Lipinski definition) is 6. The van der Waals surface area contributed by atoms with Gasteiger partial charge < -0.3 is 4.98 Å². The number of hydrogen-bond donors (Lipinski definition) is 1. The fourth-order valence-corrected chi connectivity index (χ4v) is 5.66. The van der Waals surface area contributed by atoms with Gasteiger partial charge in [-0.05, 0) is 37.5 Å². The van der Waals surface area contributed by atoms with Gasteiger partial charge in [0.25, 0.3) is 10.0 Å². The standard InChI is InChI=1S/C19H17N5O4S/c20-11-13-5-4-8-16(13)23(29(27,28)14-6-2-1-3-7-14)18-15-9-10-21-19(15)22-12-17(18)24(25)26/h1-3,6-7,9-10,12-13,16H,4-5,8H2,(H,21,22). The molecule has 29 heavy (non-hydrogen) atoms. The molecule has 0 spiro atoms. The molecule has 148 valence electrons. The lowest BCUT2D eigenvalue weighted by molar-refractivity contribution is -0.384. The van der Waals surface area contributed by atoms with Crippen molar-refractivity contribution in [2.24, 2.45) is 5.92 Å². The molecule has 4 rings (SSSR count). The van der Waals surface area contributed by atoms with Crippen LogP contribution in [0.15, 0.2) is 53.7 Å². The lowest BCUT2D eigenvalue weighted by atomic mass is 10.0. The summed E-state index contributed by atoms with van der Waals surface area (Å²) in [6, 6.07) is 10.8. The Bertz CT molecular complexity index is 1220. The average molecular weight is 411 g/mol. The molecule has 1 fully saturated rings. The van der Waals surface area contributed by atoms with Gasteiger partial charge in [-0.2, -0.15) is 5.26 Å². The molecule has 0 bridgehead atoms. The molecule has 0 saturated heterocycles. The maximum absolute atomic E-state index is 13.7. The maximum atomic E-state index is 13.7. The highest BCUT2D eigenvalue weighted by Gasteiger charge is 2.43. The first-order valence-corrected chi connectivity index (χ1v) is 10.5. The van der Waals surface area contributed by atoms with E-state index >= 15 is 0 Å². The number of H-pyrrole nitrogens is 1. The van der Waals surface area contributed by atoms with Gasteiger partial charge in [-0.1, -0.05) is 18.2 Å². The quantitative estimate of drug-likeness (QED) is 0.505. The van der Waals surface area contributed by atoms with E-state index in [0.29, 0.717) is 30.3 Å². The van der Waals surface area contributed by atoms with Crippen molar-refractivity contribution in [2.75, 3.05) is 4.31 Å². The monoisotopic (exact) mass is 411 g/mol. The van der Waals surface area contributed by atoms with E-state index in [1.165, 1.54) is 12.1 Å². The van der Waals surface area contributed by atoms with Crippen molar-refractivity contribution in [3.05, 3.63) is 58.9 Å². The summed E-state index contributed by atoms with van der Waals surface area (Å²) in [5.74, 6) is -0.560. The molecule has 0 aliphatic heterocycles. The molecule has 0 amide bonds. The molecule has 9 nitrogen and oxygen atoms in total. The number of fused-ring (bicyclic) bond motifs is 1. The van der Waals surface area contributed by atoms with Crippen LogP contribution in [0.25, 0.3) is 11.0 Å².